The fourth-order valence-corrected chi connectivity index (χ4v) is 4.27. The fraction of sp³-hybridized carbons (Fsp3) is 0.333. The molecule has 29 heavy (non-hydrogen) atoms. The minimum absolute atomic E-state index is 0.0420. The molecule has 0 aliphatic carbocycles. The molecule has 0 bridgehead atoms. The Morgan fingerprint density at radius 1 is 1.31 bits per heavy atom. The molecule has 8 heteroatoms. The second-order valence-corrected chi connectivity index (χ2v) is 7.99. The number of ether oxygens (including phenoxy) is 1. The number of rotatable bonds is 7. The molecule has 1 aromatic carbocycles. The Labute approximate surface area is 172 Å². The van der Waals surface area contributed by atoms with Crippen molar-refractivity contribution in [3.63, 3.8) is 0 Å². The minimum Gasteiger partial charge on any atom is -0.507 e. The molecule has 1 N–H and O–H groups in total. The minimum atomic E-state index is -0.780. The zero-order chi connectivity index (χ0) is 21.1. The van der Waals surface area contributed by atoms with E-state index in [-0.39, 0.29) is 16.9 Å². The summed E-state index contributed by atoms with van der Waals surface area (Å²) in [7, 11) is 5.25. The summed E-state index contributed by atoms with van der Waals surface area (Å²) < 4.78 is 19.1. The molecule has 6 nitrogen and oxygen atoms in total. The number of hydrogen-bond donors (Lipinski definition) is 1. The van der Waals surface area contributed by atoms with Crippen LogP contribution >= 0.6 is 11.3 Å². The zero-order valence-corrected chi connectivity index (χ0v) is 17.3. The standard InChI is InChI=1S/C21H23FN2O4S/c1-23(2)9-5-10-24-18(16-6-4-11-29-16)17(20(26)21(24)27)19(25)14-12-13(22)7-8-15(14)28-3/h4,6-8,11-12,18,25H,5,9-10H2,1-3H3/b19-17+/t18-/m0/s1. The van der Waals surface area contributed by atoms with Crippen molar-refractivity contribution in [3.8, 4) is 5.75 Å². The van der Waals surface area contributed by atoms with Gasteiger partial charge < -0.3 is 19.6 Å². The number of aliphatic hydroxyl groups is 1. The average Bonchev–Trinajstić information content (AvgIpc) is 3.29. The van der Waals surface area contributed by atoms with Gasteiger partial charge in [-0.3, -0.25) is 9.59 Å². The van der Waals surface area contributed by atoms with Crippen LogP contribution in [0.15, 0.2) is 41.3 Å². The van der Waals surface area contributed by atoms with Gasteiger partial charge in [-0.1, -0.05) is 6.07 Å². The number of carbonyl (C=O) groups excluding carboxylic acids is 2. The Hall–Kier alpha value is -2.71. The molecule has 0 saturated carbocycles. The summed E-state index contributed by atoms with van der Waals surface area (Å²) in [5, 5.41) is 12.8. The number of hydrogen-bond acceptors (Lipinski definition) is 6. The van der Waals surface area contributed by atoms with Crippen LogP contribution in [0.5, 0.6) is 5.75 Å². The molecule has 1 fully saturated rings. The SMILES string of the molecule is COc1ccc(F)cc1/C(O)=C1\C(=O)C(=O)N(CCCN(C)C)[C@H]1c1cccs1. The molecule has 0 spiro atoms. The third-order valence-corrected chi connectivity index (χ3v) is 5.70. The van der Waals surface area contributed by atoms with Crippen molar-refractivity contribution in [2.75, 3.05) is 34.3 Å². The van der Waals surface area contributed by atoms with Crippen molar-refractivity contribution in [1.29, 1.82) is 0 Å². The summed E-state index contributed by atoms with van der Waals surface area (Å²) in [6.07, 6.45) is 0.672. The highest BCUT2D eigenvalue weighted by Gasteiger charge is 2.46. The number of Topliss-reactive ketones (excluding diaryl/α,β-unsaturated/α-hetero) is 1. The molecule has 0 radical (unpaired) electrons. The van der Waals surface area contributed by atoms with Gasteiger partial charge in [-0.25, -0.2) is 4.39 Å². The molecule has 1 saturated heterocycles. The summed E-state index contributed by atoms with van der Waals surface area (Å²) in [6, 6.07) is 6.59. The van der Waals surface area contributed by atoms with Crippen LogP contribution in [-0.2, 0) is 9.59 Å². The third-order valence-electron chi connectivity index (χ3n) is 4.77. The van der Waals surface area contributed by atoms with Crippen LogP contribution in [0.1, 0.15) is 22.9 Å². The topological polar surface area (TPSA) is 70.1 Å². The highest BCUT2D eigenvalue weighted by molar-refractivity contribution is 7.10. The fourth-order valence-electron chi connectivity index (χ4n) is 3.42. The number of carbonyl (C=O) groups is 2. The molecule has 1 amide bonds. The molecule has 3 rings (SSSR count). The van der Waals surface area contributed by atoms with Gasteiger partial charge >= 0.3 is 0 Å². The maximum absolute atomic E-state index is 13.8. The zero-order valence-electron chi connectivity index (χ0n) is 16.5. The number of likely N-dealkylation sites (tertiary alicyclic amines) is 1. The molecule has 1 aliphatic heterocycles. The van der Waals surface area contributed by atoms with Gasteiger partial charge in [0.05, 0.1) is 24.3 Å². The summed E-state index contributed by atoms with van der Waals surface area (Å²) in [5.74, 6) is -2.25. The molecular formula is C21H23FN2O4S. The van der Waals surface area contributed by atoms with Crippen LogP contribution in [0.2, 0.25) is 0 Å². The molecule has 1 aliphatic rings. The van der Waals surface area contributed by atoms with Crippen molar-refractivity contribution in [2.45, 2.75) is 12.5 Å². The van der Waals surface area contributed by atoms with E-state index in [0.29, 0.717) is 13.0 Å². The first-order valence-corrected chi connectivity index (χ1v) is 10.0. The predicted molar refractivity (Wildman–Crippen MR) is 109 cm³/mol. The van der Waals surface area contributed by atoms with Crippen molar-refractivity contribution in [1.82, 2.24) is 9.80 Å². The Morgan fingerprint density at radius 2 is 2.07 bits per heavy atom. The maximum atomic E-state index is 13.8. The number of methoxy groups -OCH3 is 1. The van der Waals surface area contributed by atoms with E-state index >= 15 is 0 Å². The van der Waals surface area contributed by atoms with Crippen LogP contribution in [0.4, 0.5) is 4.39 Å². The first kappa shape index (κ1) is 21.0. The van der Waals surface area contributed by atoms with Gasteiger partial charge in [0, 0.05) is 11.4 Å². The summed E-state index contributed by atoms with van der Waals surface area (Å²) in [6.45, 7) is 1.11. The Morgan fingerprint density at radius 3 is 2.69 bits per heavy atom. The van der Waals surface area contributed by atoms with Gasteiger partial charge in [-0.15, -0.1) is 11.3 Å². The van der Waals surface area contributed by atoms with E-state index in [4.69, 9.17) is 4.74 Å². The Bertz CT molecular complexity index is 940. The van der Waals surface area contributed by atoms with E-state index in [1.807, 2.05) is 36.5 Å². The molecule has 2 aromatic rings. The second kappa shape index (κ2) is 8.75. The third kappa shape index (κ3) is 4.18. The quantitative estimate of drug-likeness (QED) is 0.425. The van der Waals surface area contributed by atoms with Crippen LogP contribution in [-0.4, -0.2) is 60.9 Å². The van der Waals surface area contributed by atoms with Crippen LogP contribution < -0.4 is 4.74 Å². The van der Waals surface area contributed by atoms with Gasteiger partial charge in [0.1, 0.15) is 17.3 Å². The van der Waals surface area contributed by atoms with Crippen LogP contribution in [0, 0.1) is 5.82 Å². The van der Waals surface area contributed by atoms with E-state index in [9.17, 15) is 19.1 Å². The number of ketones is 1. The van der Waals surface area contributed by atoms with Crippen molar-refractivity contribution >= 4 is 28.8 Å². The van der Waals surface area contributed by atoms with Gasteiger partial charge in [0.2, 0.25) is 0 Å². The summed E-state index contributed by atoms with van der Waals surface area (Å²) in [5.41, 5.74) is -0.00782. The number of nitrogens with zero attached hydrogens (tertiary/aromatic N) is 2. The lowest BCUT2D eigenvalue weighted by molar-refractivity contribution is -0.139. The lowest BCUT2D eigenvalue weighted by atomic mass is 9.99. The van der Waals surface area contributed by atoms with Crippen molar-refractivity contribution in [2.24, 2.45) is 0 Å². The molecule has 1 atom stereocenters. The maximum Gasteiger partial charge on any atom is 0.295 e. The monoisotopic (exact) mass is 418 g/mol. The predicted octanol–water partition coefficient (Wildman–Crippen LogP) is 3.27. The lowest BCUT2D eigenvalue weighted by Crippen LogP contribution is -2.32. The smallest absolute Gasteiger partial charge is 0.295 e. The normalized spacial score (nSPS) is 18.7. The van der Waals surface area contributed by atoms with Gasteiger partial charge in [-0.2, -0.15) is 0 Å². The average molecular weight is 418 g/mol. The Balaban J connectivity index is 2.10. The van der Waals surface area contributed by atoms with Gasteiger partial charge in [0.25, 0.3) is 11.7 Å². The first-order chi connectivity index (χ1) is 13.8. The lowest BCUT2D eigenvalue weighted by Gasteiger charge is -2.24. The number of amides is 1. The van der Waals surface area contributed by atoms with Crippen LogP contribution in [0.25, 0.3) is 5.76 Å². The summed E-state index contributed by atoms with van der Waals surface area (Å²) in [4.78, 5) is 29.9. The van der Waals surface area contributed by atoms with Crippen molar-refractivity contribution in [3.05, 3.63) is 57.5 Å². The van der Waals surface area contributed by atoms with E-state index in [0.717, 1.165) is 17.5 Å². The highest BCUT2D eigenvalue weighted by Crippen LogP contribution is 2.42. The van der Waals surface area contributed by atoms with E-state index < -0.39 is 29.3 Å². The van der Waals surface area contributed by atoms with Crippen molar-refractivity contribution < 1.29 is 23.8 Å². The largest absolute Gasteiger partial charge is 0.507 e. The first-order valence-electron chi connectivity index (χ1n) is 9.15. The van der Waals surface area contributed by atoms with E-state index in [2.05, 4.69) is 0 Å². The number of thiophene rings is 1. The van der Waals surface area contributed by atoms with Gasteiger partial charge in [-0.05, 0) is 56.7 Å². The summed E-state index contributed by atoms with van der Waals surface area (Å²) >= 11 is 1.39. The number of benzene rings is 1. The number of halogens is 1. The van der Waals surface area contributed by atoms with Crippen LogP contribution in [0.3, 0.4) is 0 Å². The molecule has 1 aromatic heterocycles. The Kier molecular flexibility index (Phi) is 6.34. The molecule has 2 heterocycles. The number of aliphatic hydroxyl groups excluding tert-OH is 1. The van der Waals surface area contributed by atoms with E-state index in [1.165, 1.54) is 35.5 Å². The molecule has 154 valence electrons. The molecule has 0 unspecified atom stereocenters. The molecular weight excluding hydrogens is 395 g/mol. The second-order valence-electron chi connectivity index (χ2n) is 7.01. The highest BCUT2D eigenvalue weighted by atomic mass is 32.1. The van der Waals surface area contributed by atoms with Gasteiger partial charge in [0.15, 0.2) is 0 Å². The van der Waals surface area contributed by atoms with E-state index in [1.54, 1.807) is 0 Å².